The van der Waals surface area contributed by atoms with Crippen LogP contribution in [0.5, 0.6) is 11.6 Å². The van der Waals surface area contributed by atoms with Gasteiger partial charge < -0.3 is 9.47 Å². The summed E-state index contributed by atoms with van der Waals surface area (Å²) < 4.78 is 11.6. The van der Waals surface area contributed by atoms with Crippen LogP contribution >= 0.6 is 0 Å². The molecule has 1 aliphatic rings. The van der Waals surface area contributed by atoms with Crippen molar-refractivity contribution < 1.29 is 9.47 Å². The molecule has 5 nitrogen and oxygen atoms in total. The number of aromatic nitrogens is 2. The number of hydrogen-bond acceptors (Lipinski definition) is 5. The molecule has 4 rings (SSSR count). The van der Waals surface area contributed by atoms with Gasteiger partial charge in [0.2, 0.25) is 0 Å². The molecule has 5 heteroatoms. The fraction of sp³-hybridized carbons (Fsp3) is 0.174. The Morgan fingerprint density at radius 1 is 1.07 bits per heavy atom. The highest BCUT2D eigenvalue weighted by atomic mass is 16.5. The Balaban J connectivity index is 1.60. The standard InChI is InChI=1S/C23H19N3O2/c1-27-22-7-6-20(12-19(15-24)16-8-10-25-11-9-16)26-23(22)28-21-13-17-4-2-3-5-18(17)14-21/h2-12,21H,13-14H2,1H3/b19-12+. The number of allylic oxidation sites excluding steroid dienone is 1. The molecule has 1 aromatic carbocycles. The van der Waals surface area contributed by atoms with Gasteiger partial charge in [-0.15, -0.1) is 0 Å². The van der Waals surface area contributed by atoms with Crippen molar-refractivity contribution in [1.29, 1.82) is 5.26 Å². The Morgan fingerprint density at radius 2 is 1.79 bits per heavy atom. The van der Waals surface area contributed by atoms with Crippen LogP contribution < -0.4 is 9.47 Å². The number of benzene rings is 1. The molecule has 3 aromatic rings. The lowest BCUT2D eigenvalue weighted by molar-refractivity contribution is 0.195. The molecule has 1 aliphatic carbocycles. The Hall–Kier alpha value is -3.65. The van der Waals surface area contributed by atoms with E-state index in [-0.39, 0.29) is 6.10 Å². The topological polar surface area (TPSA) is 68.0 Å². The van der Waals surface area contributed by atoms with Crippen LogP contribution in [0.15, 0.2) is 60.9 Å². The van der Waals surface area contributed by atoms with E-state index >= 15 is 0 Å². The summed E-state index contributed by atoms with van der Waals surface area (Å²) in [5, 5.41) is 9.52. The van der Waals surface area contributed by atoms with Crippen molar-refractivity contribution in [3.8, 4) is 17.7 Å². The molecule has 2 aromatic heterocycles. The molecule has 2 heterocycles. The summed E-state index contributed by atoms with van der Waals surface area (Å²) in [4.78, 5) is 8.58. The van der Waals surface area contributed by atoms with Crippen molar-refractivity contribution in [2.75, 3.05) is 7.11 Å². The molecule has 0 saturated carbocycles. The molecule has 0 N–H and O–H groups in total. The van der Waals surface area contributed by atoms with Crippen LogP contribution in [0.1, 0.15) is 22.4 Å². The van der Waals surface area contributed by atoms with Gasteiger partial charge in [0, 0.05) is 25.2 Å². The number of nitriles is 1. The summed E-state index contributed by atoms with van der Waals surface area (Å²) in [6, 6.07) is 17.8. The predicted molar refractivity (Wildman–Crippen MR) is 107 cm³/mol. The summed E-state index contributed by atoms with van der Waals surface area (Å²) in [5.41, 5.74) is 4.57. The summed E-state index contributed by atoms with van der Waals surface area (Å²) in [7, 11) is 1.60. The first-order valence-electron chi connectivity index (χ1n) is 9.07. The molecule has 0 amide bonds. The zero-order valence-corrected chi connectivity index (χ0v) is 15.5. The molecular formula is C23H19N3O2. The first-order valence-corrected chi connectivity index (χ1v) is 9.07. The van der Waals surface area contributed by atoms with Crippen molar-refractivity contribution in [2.24, 2.45) is 0 Å². The van der Waals surface area contributed by atoms with Gasteiger partial charge in [-0.25, -0.2) is 4.98 Å². The fourth-order valence-corrected chi connectivity index (χ4v) is 3.38. The van der Waals surface area contributed by atoms with Crippen LogP contribution in [0.2, 0.25) is 0 Å². The summed E-state index contributed by atoms with van der Waals surface area (Å²) in [6.07, 6.45) is 6.78. The molecule has 0 unspecified atom stereocenters. The number of methoxy groups -OCH3 is 1. The fourth-order valence-electron chi connectivity index (χ4n) is 3.38. The van der Waals surface area contributed by atoms with Crippen LogP contribution in [0.3, 0.4) is 0 Å². The SMILES string of the molecule is COc1ccc(/C=C(\C#N)c2ccncc2)nc1OC1Cc2ccccc2C1. The van der Waals surface area contributed by atoms with E-state index in [0.717, 1.165) is 18.4 Å². The Bertz CT molecular complexity index is 1030. The van der Waals surface area contributed by atoms with E-state index in [9.17, 15) is 5.26 Å². The summed E-state index contributed by atoms with van der Waals surface area (Å²) >= 11 is 0. The number of nitrogens with zero attached hydrogens (tertiary/aromatic N) is 3. The molecule has 0 saturated heterocycles. The van der Waals surface area contributed by atoms with Gasteiger partial charge in [0.05, 0.1) is 24.4 Å². The van der Waals surface area contributed by atoms with E-state index in [4.69, 9.17) is 9.47 Å². The highest BCUT2D eigenvalue weighted by Gasteiger charge is 2.24. The van der Waals surface area contributed by atoms with Crippen molar-refractivity contribution >= 4 is 11.6 Å². The molecular weight excluding hydrogens is 350 g/mol. The number of pyridine rings is 2. The van der Waals surface area contributed by atoms with Crippen molar-refractivity contribution in [3.63, 3.8) is 0 Å². The van der Waals surface area contributed by atoms with Crippen LogP contribution in [-0.4, -0.2) is 23.2 Å². The summed E-state index contributed by atoms with van der Waals surface area (Å²) in [5.74, 6) is 1.02. The van der Waals surface area contributed by atoms with Crippen molar-refractivity contribution in [1.82, 2.24) is 9.97 Å². The quantitative estimate of drug-likeness (QED) is 0.634. The minimum absolute atomic E-state index is 0.0219. The first kappa shape index (κ1) is 17.7. The van der Waals surface area contributed by atoms with Crippen LogP contribution in [0, 0.1) is 11.3 Å². The van der Waals surface area contributed by atoms with E-state index < -0.39 is 0 Å². The first-order chi connectivity index (χ1) is 13.8. The third kappa shape index (κ3) is 3.72. The minimum Gasteiger partial charge on any atom is -0.491 e. The lowest BCUT2D eigenvalue weighted by Gasteiger charge is -2.15. The minimum atomic E-state index is 0.0219. The van der Waals surface area contributed by atoms with E-state index in [0.29, 0.717) is 22.9 Å². The van der Waals surface area contributed by atoms with Gasteiger partial charge in [-0.2, -0.15) is 5.26 Å². The molecule has 0 spiro atoms. The highest BCUT2D eigenvalue weighted by Crippen LogP contribution is 2.31. The maximum absolute atomic E-state index is 9.52. The molecule has 0 bridgehead atoms. The van der Waals surface area contributed by atoms with Gasteiger partial charge in [0.1, 0.15) is 6.10 Å². The molecule has 0 fully saturated rings. The van der Waals surface area contributed by atoms with Gasteiger partial charge in [0.25, 0.3) is 5.88 Å². The van der Waals surface area contributed by atoms with Crippen LogP contribution in [-0.2, 0) is 12.8 Å². The van der Waals surface area contributed by atoms with Gasteiger partial charge in [0.15, 0.2) is 5.75 Å². The van der Waals surface area contributed by atoms with E-state index in [1.165, 1.54) is 11.1 Å². The monoisotopic (exact) mass is 369 g/mol. The Kier molecular flexibility index (Phi) is 5.03. The summed E-state index contributed by atoms with van der Waals surface area (Å²) in [6.45, 7) is 0. The zero-order chi connectivity index (χ0) is 19.3. The third-order valence-electron chi connectivity index (χ3n) is 4.76. The molecule has 0 atom stereocenters. The average molecular weight is 369 g/mol. The Morgan fingerprint density at radius 3 is 2.43 bits per heavy atom. The van der Waals surface area contributed by atoms with Crippen LogP contribution in [0.4, 0.5) is 0 Å². The molecule has 28 heavy (non-hydrogen) atoms. The third-order valence-corrected chi connectivity index (χ3v) is 4.76. The highest BCUT2D eigenvalue weighted by molar-refractivity contribution is 5.88. The zero-order valence-electron chi connectivity index (χ0n) is 15.5. The average Bonchev–Trinajstić information content (AvgIpc) is 3.15. The molecule has 138 valence electrons. The number of hydrogen-bond donors (Lipinski definition) is 0. The second-order valence-electron chi connectivity index (χ2n) is 6.57. The second kappa shape index (κ2) is 7.93. The number of rotatable bonds is 5. The van der Waals surface area contributed by atoms with E-state index in [2.05, 4.69) is 28.2 Å². The van der Waals surface area contributed by atoms with Gasteiger partial charge in [-0.05, 0) is 47.0 Å². The van der Waals surface area contributed by atoms with Crippen molar-refractivity contribution in [3.05, 3.63) is 83.3 Å². The maximum Gasteiger partial charge on any atom is 0.257 e. The lowest BCUT2D eigenvalue weighted by Crippen LogP contribution is -2.17. The second-order valence-corrected chi connectivity index (χ2v) is 6.57. The predicted octanol–water partition coefficient (Wildman–Crippen LogP) is 4.10. The van der Waals surface area contributed by atoms with Crippen LogP contribution in [0.25, 0.3) is 11.6 Å². The van der Waals surface area contributed by atoms with Crippen molar-refractivity contribution in [2.45, 2.75) is 18.9 Å². The smallest absolute Gasteiger partial charge is 0.257 e. The lowest BCUT2D eigenvalue weighted by atomic mass is 10.1. The number of fused-ring (bicyclic) bond motifs is 1. The molecule has 0 radical (unpaired) electrons. The van der Waals surface area contributed by atoms with Gasteiger partial charge >= 0.3 is 0 Å². The van der Waals surface area contributed by atoms with E-state index in [1.807, 2.05) is 24.3 Å². The van der Waals surface area contributed by atoms with Gasteiger partial charge in [-0.1, -0.05) is 24.3 Å². The van der Waals surface area contributed by atoms with E-state index in [1.54, 1.807) is 37.7 Å². The Labute approximate surface area is 163 Å². The number of ether oxygens (including phenoxy) is 2. The maximum atomic E-state index is 9.52. The molecule has 0 aliphatic heterocycles. The van der Waals surface area contributed by atoms with Gasteiger partial charge in [-0.3, -0.25) is 4.98 Å². The normalized spacial score (nSPS) is 13.6. The largest absolute Gasteiger partial charge is 0.491 e.